The highest BCUT2D eigenvalue weighted by Crippen LogP contribution is 2.10. The highest BCUT2D eigenvalue weighted by molar-refractivity contribution is 7.87. The van der Waals surface area contributed by atoms with Crippen LogP contribution in [0.4, 0.5) is 0 Å². The molecule has 122 valence electrons. The first-order valence-corrected chi connectivity index (χ1v) is 9.28. The highest BCUT2D eigenvalue weighted by Gasteiger charge is 2.19. The lowest BCUT2D eigenvalue weighted by molar-refractivity contribution is 0.0731. The summed E-state index contributed by atoms with van der Waals surface area (Å²) in [5.41, 5.74) is -0.209. The maximum Gasteiger partial charge on any atom is 0.353 e. The molecule has 0 N–H and O–H groups in total. The van der Waals surface area contributed by atoms with Crippen molar-refractivity contribution in [1.82, 2.24) is 0 Å². The van der Waals surface area contributed by atoms with Crippen molar-refractivity contribution in [2.24, 2.45) is 0 Å². The molecular weight excluding hydrogens is 336 g/mol. The number of carbonyl (C=O) groups excluding carboxylic acids is 2. The summed E-state index contributed by atoms with van der Waals surface area (Å²) in [4.78, 5) is 23.1. The van der Waals surface area contributed by atoms with Crippen LogP contribution >= 0.6 is 0 Å². The van der Waals surface area contributed by atoms with E-state index in [9.17, 15) is 26.4 Å². The van der Waals surface area contributed by atoms with E-state index < -0.39 is 32.2 Å². The highest BCUT2D eigenvalue weighted by atomic mass is 32.2. The molecule has 0 aliphatic carbocycles. The lowest BCUT2D eigenvalue weighted by atomic mass is 10.1. The van der Waals surface area contributed by atoms with Crippen LogP contribution in [0.1, 0.15) is 34.6 Å². The van der Waals surface area contributed by atoms with Gasteiger partial charge in [0.2, 0.25) is 0 Å². The minimum absolute atomic E-state index is 0.105. The van der Waals surface area contributed by atoms with Crippen LogP contribution in [0.5, 0.6) is 0 Å². The van der Waals surface area contributed by atoms with Crippen molar-refractivity contribution < 1.29 is 34.8 Å². The largest absolute Gasteiger partial charge is 0.353 e. The Morgan fingerprint density at radius 3 is 1.27 bits per heavy atom. The van der Waals surface area contributed by atoms with Crippen molar-refractivity contribution in [3.05, 3.63) is 35.4 Å². The van der Waals surface area contributed by atoms with Crippen molar-refractivity contribution in [2.75, 3.05) is 11.5 Å². The van der Waals surface area contributed by atoms with Crippen LogP contribution in [-0.4, -0.2) is 40.3 Å². The van der Waals surface area contributed by atoms with Gasteiger partial charge in [0, 0.05) is 0 Å². The molecule has 0 aliphatic rings. The minimum atomic E-state index is -3.94. The van der Waals surface area contributed by atoms with Crippen molar-refractivity contribution in [3.8, 4) is 0 Å². The van der Waals surface area contributed by atoms with Gasteiger partial charge < -0.3 is 8.37 Å². The Morgan fingerprint density at radius 1 is 0.773 bits per heavy atom. The third kappa shape index (κ3) is 5.11. The fraction of sp³-hybridized carbons (Fsp3) is 0.333. The smallest absolute Gasteiger partial charge is 0.341 e. The molecule has 0 amide bonds. The normalized spacial score (nSPS) is 11.7. The second kappa shape index (κ2) is 6.88. The fourth-order valence-corrected chi connectivity index (χ4v) is 2.08. The van der Waals surface area contributed by atoms with Crippen molar-refractivity contribution in [2.45, 2.75) is 13.8 Å². The number of carbonyl (C=O) groups is 2. The van der Waals surface area contributed by atoms with Gasteiger partial charge in [-0.2, -0.15) is 16.8 Å². The summed E-state index contributed by atoms with van der Waals surface area (Å²) in [5.74, 6) is -2.92. The molecule has 0 bridgehead atoms. The second-order valence-corrected chi connectivity index (χ2v) is 7.73. The molecule has 0 spiro atoms. The van der Waals surface area contributed by atoms with Gasteiger partial charge in [-0.3, -0.25) is 0 Å². The van der Waals surface area contributed by atoms with E-state index >= 15 is 0 Å². The Kier molecular flexibility index (Phi) is 5.66. The van der Waals surface area contributed by atoms with E-state index in [-0.39, 0.29) is 22.6 Å². The van der Waals surface area contributed by atoms with Crippen molar-refractivity contribution in [1.29, 1.82) is 0 Å². The zero-order chi connectivity index (χ0) is 17.0. The zero-order valence-corrected chi connectivity index (χ0v) is 13.4. The van der Waals surface area contributed by atoms with Gasteiger partial charge in [0.1, 0.15) is 0 Å². The molecule has 1 aromatic carbocycles. The Bertz CT molecular complexity index is 693. The summed E-state index contributed by atoms with van der Waals surface area (Å²) in [6, 6.07) is 4.51. The molecule has 0 radical (unpaired) electrons. The van der Waals surface area contributed by atoms with E-state index in [1.54, 1.807) is 0 Å². The first kappa shape index (κ1) is 18.1. The lowest BCUT2D eigenvalue weighted by Gasteiger charge is -2.05. The molecular formula is C12H14O8S2. The average molecular weight is 350 g/mol. The predicted octanol–water partition coefficient (Wildman–Crippen LogP) is 0.700. The van der Waals surface area contributed by atoms with Gasteiger partial charge in [-0.1, -0.05) is 0 Å². The second-order valence-electron chi connectivity index (χ2n) is 4.01. The SMILES string of the molecule is CCS(=O)(=O)OC(=O)c1ccc(C(=O)OS(=O)(=O)CC)cc1. The van der Waals surface area contributed by atoms with Gasteiger partial charge in [0.15, 0.2) is 0 Å². The summed E-state index contributed by atoms with van der Waals surface area (Å²) in [7, 11) is -7.88. The van der Waals surface area contributed by atoms with Gasteiger partial charge >= 0.3 is 32.2 Å². The number of hydrogen-bond donors (Lipinski definition) is 0. The third-order valence-electron chi connectivity index (χ3n) is 2.47. The minimum Gasteiger partial charge on any atom is -0.341 e. The summed E-state index contributed by atoms with van der Waals surface area (Å²) in [6.45, 7) is 2.63. The van der Waals surface area contributed by atoms with E-state index in [0.717, 1.165) is 24.3 Å². The number of rotatable bonds is 6. The topological polar surface area (TPSA) is 121 Å². The molecule has 0 aliphatic heterocycles. The third-order valence-corrected chi connectivity index (χ3v) is 4.69. The predicted molar refractivity (Wildman–Crippen MR) is 76.2 cm³/mol. The Labute approximate surface area is 128 Å². The van der Waals surface area contributed by atoms with Gasteiger partial charge in [-0.25, -0.2) is 9.59 Å². The standard InChI is InChI=1S/C12H14O8S2/c1-3-21(15,16)19-11(13)9-5-7-10(8-6-9)12(14)20-22(17,18)4-2/h5-8H,3-4H2,1-2H3. The quantitative estimate of drug-likeness (QED) is 0.687. The van der Waals surface area contributed by atoms with Crippen molar-refractivity contribution in [3.63, 3.8) is 0 Å². The molecule has 0 unspecified atom stereocenters. The number of hydrogen-bond acceptors (Lipinski definition) is 8. The monoisotopic (exact) mass is 350 g/mol. The maximum atomic E-state index is 11.6. The van der Waals surface area contributed by atoms with E-state index in [4.69, 9.17) is 0 Å². The molecule has 1 rings (SSSR count). The van der Waals surface area contributed by atoms with Gasteiger partial charge in [-0.15, -0.1) is 0 Å². The van der Waals surface area contributed by atoms with Crippen LogP contribution < -0.4 is 0 Å². The lowest BCUT2D eigenvalue weighted by Crippen LogP contribution is -2.16. The molecule has 0 atom stereocenters. The van der Waals surface area contributed by atoms with Crippen LogP contribution in [0.15, 0.2) is 24.3 Å². The van der Waals surface area contributed by atoms with Gasteiger partial charge in [0.05, 0.1) is 22.6 Å². The molecule has 1 aromatic rings. The maximum absolute atomic E-state index is 11.6. The molecule has 8 nitrogen and oxygen atoms in total. The van der Waals surface area contributed by atoms with E-state index in [1.165, 1.54) is 13.8 Å². The first-order valence-electron chi connectivity index (χ1n) is 6.13. The van der Waals surface area contributed by atoms with Crippen LogP contribution in [0.3, 0.4) is 0 Å². The molecule has 0 aromatic heterocycles. The first-order chi connectivity index (χ1) is 10.1. The van der Waals surface area contributed by atoms with Gasteiger partial charge in [0.25, 0.3) is 0 Å². The summed E-state index contributed by atoms with van der Waals surface area (Å²) >= 11 is 0. The summed E-state index contributed by atoms with van der Waals surface area (Å²) in [6.07, 6.45) is 0. The van der Waals surface area contributed by atoms with Crippen LogP contribution in [0.25, 0.3) is 0 Å². The van der Waals surface area contributed by atoms with Crippen LogP contribution in [0.2, 0.25) is 0 Å². The Morgan fingerprint density at radius 2 is 1.05 bits per heavy atom. The molecule has 0 heterocycles. The van der Waals surface area contributed by atoms with Crippen LogP contribution in [0, 0.1) is 0 Å². The van der Waals surface area contributed by atoms with E-state index in [1.807, 2.05) is 0 Å². The van der Waals surface area contributed by atoms with E-state index in [0.29, 0.717) is 0 Å². The fourth-order valence-electron chi connectivity index (χ4n) is 1.19. The molecule has 0 fully saturated rings. The van der Waals surface area contributed by atoms with Gasteiger partial charge in [-0.05, 0) is 38.1 Å². The number of benzene rings is 1. The van der Waals surface area contributed by atoms with E-state index in [2.05, 4.69) is 8.37 Å². The van der Waals surface area contributed by atoms with Crippen molar-refractivity contribution >= 4 is 32.2 Å². The molecule has 0 saturated carbocycles. The Balaban J connectivity index is 2.87. The average Bonchev–Trinajstić information content (AvgIpc) is 2.46. The Hall–Kier alpha value is -1.94. The summed E-state index contributed by atoms with van der Waals surface area (Å²) in [5, 5.41) is 0. The molecule has 22 heavy (non-hydrogen) atoms. The molecule has 0 saturated heterocycles. The van der Waals surface area contributed by atoms with Crippen LogP contribution in [-0.2, 0) is 28.6 Å². The summed E-state index contributed by atoms with van der Waals surface area (Å²) < 4.78 is 53.2. The molecule has 10 heteroatoms. The zero-order valence-electron chi connectivity index (χ0n) is 11.8.